The maximum Gasteiger partial charge on any atom is 0.240 e. The van der Waals surface area contributed by atoms with E-state index in [0.29, 0.717) is 30.2 Å². The minimum Gasteiger partial charge on any atom is -0.399 e. The van der Waals surface area contributed by atoms with Crippen molar-refractivity contribution in [1.29, 1.82) is 0 Å². The van der Waals surface area contributed by atoms with Crippen LogP contribution in [-0.2, 0) is 16.4 Å². The van der Waals surface area contributed by atoms with Crippen molar-refractivity contribution >= 4 is 21.4 Å². The normalized spacial score (nSPS) is 11.4. The van der Waals surface area contributed by atoms with Crippen LogP contribution in [0.25, 0.3) is 0 Å². The summed E-state index contributed by atoms with van der Waals surface area (Å²) in [6.45, 7) is 0.425. The van der Waals surface area contributed by atoms with Gasteiger partial charge in [0.05, 0.1) is 5.69 Å². The van der Waals surface area contributed by atoms with E-state index in [1.165, 1.54) is 12.4 Å². The van der Waals surface area contributed by atoms with Crippen LogP contribution in [0.1, 0.15) is 5.89 Å². The number of hydrogen-bond donors (Lipinski definition) is 3. The van der Waals surface area contributed by atoms with Gasteiger partial charge < -0.3 is 15.6 Å². The Morgan fingerprint density at radius 3 is 2.79 bits per heavy atom. The molecule has 1 aromatic carbocycles. The topological polar surface area (TPSA) is 137 Å². The number of nitrogen functional groups attached to an aromatic ring is 1. The molecule has 5 N–H and O–H groups in total. The highest BCUT2D eigenvalue weighted by Crippen LogP contribution is 2.22. The van der Waals surface area contributed by atoms with Gasteiger partial charge in [0, 0.05) is 18.7 Å². The van der Waals surface area contributed by atoms with Crippen LogP contribution in [0, 0.1) is 0 Å². The molecule has 0 atom stereocenters. The first-order chi connectivity index (χ1) is 8.97. The quantitative estimate of drug-likeness (QED) is 0.654. The molecule has 0 saturated heterocycles. The lowest BCUT2D eigenvalue weighted by Crippen LogP contribution is -2.16. The van der Waals surface area contributed by atoms with E-state index in [1.807, 2.05) is 0 Å². The first-order valence-electron chi connectivity index (χ1n) is 5.38. The highest BCUT2D eigenvalue weighted by molar-refractivity contribution is 7.89. The second-order valence-corrected chi connectivity index (χ2v) is 5.34. The fourth-order valence-corrected chi connectivity index (χ4v) is 2.28. The molecular formula is C10H13N5O3S. The zero-order valence-electron chi connectivity index (χ0n) is 9.91. The zero-order chi connectivity index (χ0) is 13.9. The van der Waals surface area contributed by atoms with Gasteiger partial charge in [0.15, 0.2) is 6.33 Å². The minimum atomic E-state index is -3.83. The van der Waals surface area contributed by atoms with E-state index in [9.17, 15) is 8.42 Å². The van der Waals surface area contributed by atoms with Crippen molar-refractivity contribution in [3.63, 3.8) is 0 Å². The lowest BCUT2D eigenvalue weighted by atomic mass is 10.2. The van der Waals surface area contributed by atoms with Gasteiger partial charge in [-0.15, -0.1) is 0 Å². The predicted molar refractivity (Wildman–Crippen MR) is 68.7 cm³/mol. The molecule has 2 rings (SSSR count). The SMILES string of the molecule is Nc1ccc(NCCc2ncno2)c(S(N)(=O)=O)c1. The molecule has 0 amide bonds. The highest BCUT2D eigenvalue weighted by atomic mass is 32.2. The van der Waals surface area contributed by atoms with Gasteiger partial charge in [0.1, 0.15) is 4.90 Å². The van der Waals surface area contributed by atoms with Crippen LogP contribution < -0.4 is 16.2 Å². The monoisotopic (exact) mass is 283 g/mol. The molecule has 8 nitrogen and oxygen atoms in total. The van der Waals surface area contributed by atoms with Crippen molar-refractivity contribution in [3.05, 3.63) is 30.4 Å². The van der Waals surface area contributed by atoms with Gasteiger partial charge in [0.25, 0.3) is 0 Å². The Kier molecular flexibility index (Phi) is 3.67. The van der Waals surface area contributed by atoms with Crippen molar-refractivity contribution in [2.45, 2.75) is 11.3 Å². The molecule has 0 bridgehead atoms. The van der Waals surface area contributed by atoms with Crippen molar-refractivity contribution in [3.8, 4) is 0 Å². The summed E-state index contributed by atoms with van der Waals surface area (Å²) in [5, 5.41) is 11.5. The molecule has 0 aliphatic carbocycles. The van der Waals surface area contributed by atoms with Crippen molar-refractivity contribution < 1.29 is 12.9 Å². The van der Waals surface area contributed by atoms with E-state index in [1.54, 1.807) is 12.1 Å². The Morgan fingerprint density at radius 1 is 1.37 bits per heavy atom. The van der Waals surface area contributed by atoms with Gasteiger partial charge >= 0.3 is 0 Å². The number of hydrogen-bond acceptors (Lipinski definition) is 7. The summed E-state index contributed by atoms with van der Waals surface area (Å²) >= 11 is 0. The van der Waals surface area contributed by atoms with Crippen molar-refractivity contribution in [2.24, 2.45) is 5.14 Å². The molecule has 19 heavy (non-hydrogen) atoms. The van der Waals surface area contributed by atoms with Gasteiger partial charge in [-0.3, -0.25) is 0 Å². The number of anilines is 2. The van der Waals surface area contributed by atoms with Crippen LogP contribution in [0.3, 0.4) is 0 Å². The van der Waals surface area contributed by atoms with Crippen molar-refractivity contribution in [1.82, 2.24) is 10.1 Å². The number of nitrogens with one attached hydrogen (secondary N) is 1. The summed E-state index contributed by atoms with van der Waals surface area (Å²) in [6, 6.07) is 4.46. The molecule has 102 valence electrons. The molecule has 0 aliphatic heterocycles. The first kappa shape index (κ1) is 13.3. The van der Waals surface area contributed by atoms with Crippen LogP contribution in [0.4, 0.5) is 11.4 Å². The number of aromatic nitrogens is 2. The summed E-state index contributed by atoms with van der Waals surface area (Å²) in [4.78, 5) is 3.81. The third kappa shape index (κ3) is 3.42. The Balaban J connectivity index is 2.12. The van der Waals surface area contributed by atoms with Gasteiger partial charge in [0.2, 0.25) is 15.9 Å². The fourth-order valence-electron chi connectivity index (χ4n) is 1.53. The Hall–Kier alpha value is -2.13. The Labute approximate surface area is 109 Å². The highest BCUT2D eigenvalue weighted by Gasteiger charge is 2.14. The average Bonchev–Trinajstić information content (AvgIpc) is 2.83. The number of sulfonamides is 1. The van der Waals surface area contributed by atoms with E-state index in [2.05, 4.69) is 15.5 Å². The lowest BCUT2D eigenvalue weighted by molar-refractivity contribution is 0.380. The number of rotatable bonds is 5. The van der Waals surface area contributed by atoms with Gasteiger partial charge in [-0.05, 0) is 18.2 Å². The Bertz CT molecular complexity index is 654. The largest absolute Gasteiger partial charge is 0.399 e. The summed E-state index contributed by atoms with van der Waals surface area (Å²) in [7, 11) is -3.83. The zero-order valence-corrected chi connectivity index (χ0v) is 10.7. The van der Waals surface area contributed by atoms with Gasteiger partial charge in [-0.25, -0.2) is 13.6 Å². The van der Waals surface area contributed by atoms with E-state index < -0.39 is 10.0 Å². The van der Waals surface area contributed by atoms with Gasteiger partial charge in [-0.1, -0.05) is 5.16 Å². The summed E-state index contributed by atoms with van der Waals surface area (Å²) in [6.07, 6.45) is 1.77. The second-order valence-electron chi connectivity index (χ2n) is 3.81. The summed E-state index contributed by atoms with van der Waals surface area (Å²) < 4.78 is 27.7. The molecule has 9 heteroatoms. The molecule has 0 aliphatic rings. The van der Waals surface area contributed by atoms with Crippen LogP contribution >= 0.6 is 0 Å². The Morgan fingerprint density at radius 2 is 2.16 bits per heavy atom. The molecule has 0 saturated carbocycles. The predicted octanol–water partition coefficient (Wildman–Crippen LogP) is -0.0462. The number of nitrogens with zero attached hydrogens (tertiary/aromatic N) is 2. The van der Waals surface area contributed by atoms with E-state index >= 15 is 0 Å². The van der Waals surface area contributed by atoms with Crippen LogP contribution in [0.2, 0.25) is 0 Å². The molecule has 0 unspecified atom stereocenters. The smallest absolute Gasteiger partial charge is 0.240 e. The van der Waals surface area contributed by atoms with E-state index in [-0.39, 0.29) is 4.90 Å². The molecule has 1 aromatic heterocycles. The number of primary sulfonamides is 1. The van der Waals surface area contributed by atoms with Crippen LogP contribution in [0.15, 0.2) is 33.9 Å². The summed E-state index contributed by atoms with van der Waals surface area (Å²) in [5.74, 6) is 0.458. The molecule has 0 radical (unpaired) electrons. The second kappa shape index (κ2) is 5.24. The third-order valence-corrected chi connectivity index (χ3v) is 3.32. The minimum absolute atomic E-state index is 0.0435. The molecular weight excluding hydrogens is 270 g/mol. The average molecular weight is 283 g/mol. The maximum atomic E-state index is 11.4. The summed E-state index contributed by atoms with van der Waals surface area (Å²) in [5.41, 5.74) is 6.26. The molecule has 2 aromatic rings. The number of nitrogens with two attached hydrogens (primary N) is 2. The maximum absolute atomic E-state index is 11.4. The third-order valence-electron chi connectivity index (χ3n) is 2.37. The standard InChI is InChI=1S/C10H13N5O3S/c11-7-1-2-8(9(5-7)19(12,16)17)13-4-3-10-14-6-15-18-10/h1-2,5-6,13H,3-4,11H2,(H2,12,16,17). The fraction of sp³-hybridized carbons (Fsp3) is 0.200. The van der Waals surface area contributed by atoms with Gasteiger partial charge in [-0.2, -0.15) is 4.98 Å². The van der Waals surface area contributed by atoms with Crippen molar-refractivity contribution in [2.75, 3.05) is 17.6 Å². The number of benzene rings is 1. The molecule has 0 fully saturated rings. The van der Waals surface area contributed by atoms with Crippen LogP contribution in [-0.4, -0.2) is 25.1 Å². The lowest BCUT2D eigenvalue weighted by Gasteiger charge is -2.10. The van der Waals surface area contributed by atoms with E-state index in [0.717, 1.165) is 0 Å². The molecule has 1 heterocycles. The first-order valence-corrected chi connectivity index (χ1v) is 6.93. The van der Waals surface area contributed by atoms with E-state index in [4.69, 9.17) is 15.4 Å². The molecule has 0 spiro atoms. The van der Waals surface area contributed by atoms with Crippen LogP contribution in [0.5, 0.6) is 0 Å².